The van der Waals surface area contributed by atoms with E-state index in [0.717, 1.165) is 11.8 Å². The molecule has 0 aliphatic heterocycles. The van der Waals surface area contributed by atoms with Crippen molar-refractivity contribution in [2.45, 2.75) is 13.0 Å². The highest BCUT2D eigenvalue weighted by Gasteiger charge is 2.18. The van der Waals surface area contributed by atoms with Crippen LogP contribution < -0.4 is 10.1 Å². The van der Waals surface area contributed by atoms with Crippen molar-refractivity contribution in [3.05, 3.63) is 65.5 Å². The van der Waals surface area contributed by atoms with E-state index < -0.39 is 10.0 Å². The SMILES string of the molecule is COc1ccccc1CN(CCNC(=O)Cc1ccc(F)cc1)S(C)(=O)=O. The third kappa shape index (κ3) is 6.65. The van der Waals surface area contributed by atoms with Crippen molar-refractivity contribution in [2.75, 3.05) is 26.5 Å². The molecular weight excluding hydrogens is 371 g/mol. The molecule has 0 saturated carbocycles. The monoisotopic (exact) mass is 394 g/mol. The van der Waals surface area contributed by atoms with Gasteiger partial charge >= 0.3 is 0 Å². The van der Waals surface area contributed by atoms with E-state index in [1.807, 2.05) is 12.1 Å². The fourth-order valence-electron chi connectivity index (χ4n) is 2.56. The molecule has 146 valence electrons. The lowest BCUT2D eigenvalue weighted by molar-refractivity contribution is -0.120. The maximum absolute atomic E-state index is 12.9. The van der Waals surface area contributed by atoms with Gasteiger partial charge in [-0.1, -0.05) is 30.3 Å². The number of hydrogen-bond acceptors (Lipinski definition) is 4. The molecule has 2 aromatic rings. The van der Waals surface area contributed by atoms with Crippen LogP contribution >= 0.6 is 0 Å². The number of sulfonamides is 1. The van der Waals surface area contributed by atoms with Crippen LogP contribution in [0.4, 0.5) is 4.39 Å². The highest BCUT2D eigenvalue weighted by atomic mass is 32.2. The lowest BCUT2D eigenvalue weighted by atomic mass is 10.1. The number of benzene rings is 2. The van der Waals surface area contributed by atoms with Crippen molar-refractivity contribution in [1.29, 1.82) is 0 Å². The average molecular weight is 394 g/mol. The first-order valence-corrected chi connectivity index (χ1v) is 10.2. The molecule has 0 fully saturated rings. The third-order valence-corrected chi connectivity index (χ3v) is 5.22. The summed E-state index contributed by atoms with van der Waals surface area (Å²) in [4.78, 5) is 12.0. The fraction of sp³-hybridized carbons (Fsp3) is 0.316. The predicted octanol–water partition coefficient (Wildman–Crippen LogP) is 1.95. The number of nitrogens with one attached hydrogen (secondary N) is 1. The zero-order valence-electron chi connectivity index (χ0n) is 15.3. The zero-order chi connectivity index (χ0) is 19.9. The number of amides is 1. The molecule has 0 spiro atoms. The minimum atomic E-state index is -3.46. The number of carbonyl (C=O) groups excluding carboxylic acids is 1. The first kappa shape index (κ1) is 20.9. The van der Waals surface area contributed by atoms with E-state index in [2.05, 4.69) is 5.32 Å². The number of rotatable bonds is 9. The summed E-state index contributed by atoms with van der Waals surface area (Å²) in [5.41, 5.74) is 1.42. The standard InChI is InChI=1S/C19H23FN2O4S/c1-26-18-6-4-3-5-16(18)14-22(27(2,24)25)12-11-21-19(23)13-15-7-9-17(20)10-8-15/h3-10H,11-14H2,1-2H3,(H,21,23). The topological polar surface area (TPSA) is 75.7 Å². The molecule has 0 saturated heterocycles. The maximum atomic E-state index is 12.9. The van der Waals surface area contributed by atoms with Crippen molar-refractivity contribution in [3.63, 3.8) is 0 Å². The predicted molar refractivity (Wildman–Crippen MR) is 101 cm³/mol. The number of carbonyl (C=O) groups is 1. The van der Waals surface area contributed by atoms with Gasteiger partial charge in [0.25, 0.3) is 0 Å². The summed E-state index contributed by atoms with van der Waals surface area (Å²) >= 11 is 0. The molecule has 6 nitrogen and oxygen atoms in total. The Labute approximate surface area is 159 Å². The highest BCUT2D eigenvalue weighted by molar-refractivity contribution is 7.88. The van der Waals surface area contributed by atoms with Gasteiger partial charge in [-0.2, -0.15) is 4.31 Å². The Hall–Kier alpha value is -2.45. The van der Waals surface area contributed by atoms with E-state index >= 15 is 0 Å². The summed E-state index contributed by atoms with van der Waals surface area (Å²) in [6, 6.07) is 12.8. The Morgan fingerprint density at radius 1 is 1.15 bits per heavy atom. The summed E-state index contributed by atoms with van der Waals surface area (Å²) < 4.78 is 43.6. The number of para-hydroxylation sites is 1. The molecule has 1 N–H and O–H groups in total. The van der Waals surface area contributed by atoms with Gasteiger partial charge in [-0.15, -0.1) is 0 Å². The molecule has 8 heteroatoms. The van der Waals surface area contributed by atoms with E-state index in [1.165, 1.54) is 23.5 Å². The zero-order valence-corrected chi connectivity index (χ0v) is 16.1. The second kappa shape index (κ2) is 9.48. The quantitative estimate of drug-likeness (QED) is 0.705. The summed E-state index contributed by atoms with van der Waals surface area (Å²) in [5.74, 6) is -0.0156. The van der Waals surface area contributed by atoms with Gasteiger partial charge in [-0.3, -0.25) is 4.79 Å². The Morgan fingerprint density at radius 2 is 1.81 bits per heavy atom. The molecule has 2 aromatic carbocycles. The first-order valence-electron chi connectivity index (χ1n) is 8.38. The van der Waals surface area contributed by atoms with Gasteiger partial charge < -0.3 is 10.1 Å². The summed E-state index contributed by atoms with van der Waals surface area (Å²) in [7, 11) is -1.94. The number of nitrogens with zero attached hydrogens (tertiary/aromatic N) is 1. The lowest BCUT2D eigenvalue weighted by Gasteiger charge is -2.21. The number of methoxy groups -OCH3 is 1. The van der Waals surface area contributed by atoms with Crippen molar-refractivity contribution < 1.29 is 22.3 Å². The lowest BCUT2D eigenvalue weighted by Crippen LogP contribution is -2.38. The van der Waals surface area contributed by atoms with E-state index in [4.69, 9.17) is 4.74 Å². The van der Waals surface area contributed by atoms with Crippen LogP contribution in [0.25, 0.3) is 0 Å². The Morgan fingerprint density at radius 3 is 2.44 bits per heavy atom. The van der Waals surface area contributed by atoms with Crippen molar-refractivity contribution in [2.24, 2.45) is 0 Å². The van der Waals surface area contributed by atoms with Crippen LogP contribution in [-0.2, 0) is 27.8 Å². The molecule has 0 radical (unpaired) electrons. The Kier molecular flexibility index (Phi) is 7.32. The second-order valence-electron chi connectivity index (χ2n) is 6.06. The molecular formula is C19H23FN2O4S. The normalized spacial score (nSPS) is 11.4. The smallest absolute Gasteiger partial charge is 0.224 e. The molecule has 0 aromatic heterocycles. The minimum Gasteiger partial charge on any atom is -0.496 e. The van der Waals surface area contributed by atoms with Gasteiger partial charge in [0, 0.05) is 25.2 Å². The van der Waals surface area contributed by atoms with Crippen molar-refractivity contribution in [3.8, 4) is 5.75 Å². The molecule has 0 atom stereocenters. The highest BCUT2D eigenvalue weighted by Crippen LogP contribution is 2.20. The van der Waals surface area contributed by atoms with Gasteiger partial charge in [-0.05, 0) is 23.8 Å². The summed E-state index contributed by atoms with van der Waals surface area (Å²) in [6.45, 7) is 0.449. The van der Waals surface area contributed by atoms with Crippen molar-refractivity contribution in [1.82, 2.24) is 9.62 Å². The Balaban J connectivity index is 1.93. The Bertz CT molecular complexity index is 870. The van der Waals surface area contributed by atoms with E-state index in [-0.39, 0.29) is 37.8 Å². The molecule has 0 aliphatic rings. The van der Waals surface area contributed by atoms with Gasteiger partial charge in [0.2, 0.25) is 15.9 Å². The molecule has 0 bridgehead atoms. The van der Waals surface area contributed by atoms with Gasteiger partial charge in [0.15, 0.2) is 0 Å². The van der Waals surface area contributed by atoms with Gasteiger partial charge in [0.1, 0.15) is 11.6 Å². The van der Waals surface area contributed by atoms with Crippen LogP contribution in [-0.4, -0.2) is 45.1 Å². The molecule has 1 amide bonds. The first-order chi connectivity index (χ1) is 12.8. The molecule has 0 unspecified atom stereocenters. The molecule has 2 rings (SSSR count). The van der Waals surface area contributed by atoms with Crippen LogP contribution in [0.3, 0.4) is 0 Å². The largest absolute Gasteiger partial charge is 0.496 e. The minimum absolute atomic E-state index is 0.103. The van der Waals surface area contributed by atoms with Crippen molar-refractivity contribution >= 4 is 15.9 Å². The van der Waals surface area contributed by atoms with E-state index in [0.29, 0.717) is 11.3 Å². The average Bonchev–Trinajstić information content (AvgIpc) is 2.62. The fourth-order valence-corrected chi connectivity index (χ4v) is 3.35. The molecule has 0 aliphatic carbocycles. The second-order valence-corrected chi connectivity index (χ2v) is 8.04. The molecule has 0 heterocycles. The number of halogens is 1. The summed E-state index contributed by atoms with van der Waals surface area (Å²) in [6.07, 6.45) is 1.23. The van der Waals surface area contributed by atoms with Gasteiger partial charge in [0.05, 0.1) is 19.8 Å². The maximum Gasteiger partial charge on any atom is 0.224 e. The van der Waals surface area contributed by atoms with Gasteiger partial charge in [-0.25, -0.2) is 12.8 Å². The number of hydrogen-bond donors (Lipinski definition) is 1. The van der Waals surface area contributed by atoms with E-state index in [9.17, 15) is 17.6 Å². The summed E-state index contributed by atoms with van der Waals surface area (Å²) in [5, 5.41) is 2.69. The van der Waals surface area contributed by atoms with Crippen LogP contribution in [0, 0.1) is 5.82 Å². The van der Waals surface area contributed by atoms with Crippen LogP contribution in [0.15, 0.2) is 48.5 Å². The van der Waals surface area contributed by atoms with Crippen LogP contribution in [0.2, 0.25) is 0 Å². The third-order valence-electron chi connectivity index (χ3n) is 3.97. The molecule has 27 heavy (non-hydrogen) atoms. The van der Waals surface area contributed by atoms with Crippen LogP contribution in [0.5, 0.6) is 5.75 Å². The number of ether oxygens (including phenoxy) is 1. The van der Waals surface area contributed by atoms with Crippen LogP contribution in [0.1, 0.15) is 11.1 Å². The van der Waals surface area contributed by atoms with E-state index in [1.54, 1.807) is 24.3 Å².